The average Bonchev–Trinajstić information content (AvgIpc) is 2.53. The lowest BCUT2D eigenvalue weighted by atomic mass is 10.0. The quantitative estimate of drug-likeness (QED) is 0.857. The normalized spacial score (nSPS) is 20.4. The average molecular weight is 320 g/mol. The van der Waals surface area contributed by atoms with Crippen molar-refractivity contribution in [3.05, 3.63) is 24.3 Å². The van der Waals surface area contributed by atoms with Crippen LogP contribution in [0.25, 0.3) is 0 Å². The number of hydrogen-bond acceptors (Lipinski definition) is 5. The van der Waals surface area contributed by atoms with Gasteiger partial charge in [0.05, 0.1) is 11.7 Å². The van der Waals surface area contributed by atoms with Crippen LogP contribution in [0.3, 0.4) is 0 Å². The summed E-state index contributed by atoms with van der Waals surface area (Å²) in [5.74, 6) is 0. The van der Waals surface area contributed by atoms with Gasteiger partial charge in [-0.15, -0.1) is 0 Å². The third kappa shape index (κ3) is 4.89. The van der Waals surface area contributed by atoms with Crippen molar-refractivity contribution in [2.24, 2.45) is 0 Å². The van der Waals surface area contributed by atoms with Crippen LogP contribution in [0.15, 0.2) is 18.6 Å². The lowest BCUT2D eigenvalue weighted by molar-refractivity contribution is 0.00957. The van der Waals surface area contributed by atoms with Crippen molar-refractivity contribution >= 4 is 6.09 Å². The Hall–Kier alpha value is -1.69. The van der Waals surface area contributed by atoms with Gasteiger partial charge < -0.3 is 9.64 Å². The van der Waals surface area contributed by atoms with E-state index < -0.39 is 5.60 Å². The van der Waals surface area contributed by atoms with Crippen molar-refractivity contribution in [2.75, 3.05) is 20.1 Å². The number of aromatic nitrogens is 2. The number of carbonyl (C=O) groups is 1. The predicted molar refractivity (Wildman–Crippen MR) is 89.0 cm³/mol. The van der Waals surface area contributed by atoms with Gasteiger partial charge in [0.2, 0.25) is 0 Å². The highest BCUT2D eigenvalue weighted by molar-refractivity contribution is 5.68. The molecular weight excluding hydrogens is 292 g/mol. The lowest BCUT2D eigenvalue weighted by Crippen LogP contribution is -2.50. The zero-order valence-corrected chi connectivity index (χ0v) is 14.8. The molecule has 1 aliphatic rings. The summed E-state index contributed by atoms with van der Waals surface area (Å²) in [6.45, 7) is 9.27. The Balaban J connectivity index is 1.99. The van der Waals surface area contributed by atoms with Gasteiger partial charge in [-0.1, -0.05) is 0 Å². The standard InChI is InChI=1S/C17H28N4O2/c1-13(15-11-18-8-9-19-15)20(5)14-7-6-10-21(12-14)16(22)23-17(2,3)4/h8-9,11,13-14H,6-7,10,12H2,1-5H3/t13-,14+/m0/s1. The number of likely N-dealkylation sites (tertiary alicyclic amines) is 1. The van der Waals surface area contributed by atoms with Crippen LogP contribution in [0, 0.1) is 0 Å². The first-order valence-corrected chi connectivity index (χ1v) is 8.23. The molecule has 0 unspecified atom stereocenters. The predicted octanol–water partition coefficient (Wildman–Crippen LogP) is 2.87. The minimum atomic E-state index is -0.456. The molecule has 1 saturated heterocycles. The summed E-state index contributed by atoms with van der Waals surface area (Å²) >= 11 is 0. The number of nitrogens with zero attached hydrogens (tertiary/aromatic N) is 4. The van der Waals surface area contributed by atoms with E-state index in [1.165, 1.54) is 0 Å². The van der Waals surface area contributed by atoms with Gasteiger partial charge in [-0.25, -0.2) is 4.79 Å². The van der Waals surface area contributed by atoms with E-state index in [9.17, 15) is 4.79 Å². The van der Waals surface area contributed by atoms with E-state index in [1.807, 2.05) is 25.7 Å². The number of rotatable bonds is 3. The molecule has 1 aliphatic heterocycles. The van der Waals surface area contributed by atoms with Crippen molar-refractivity contribution in [1.82, 2.24) is 19.8 Å². The maximum Gasteiger partial charge on any atom is 0.410 e. The molecule has 1 amide bonds. The van der Waals surface area contributed by atoms with E-state index >= 15 is 0 Å². The van der Waals surface area contributed by atoms with E-state index in [-0.39, 0.29) is 12.1 Å². The van der Waals surface area contributed by atoms with E-state index in [4.69, 9.17) is 4.74 Å². The van der Waals surface area contributed by atoms with Gasteiger partial charge >= 0.3 is 6.09 Å². The molecule has 1 aromatic heterocycles. The molecule has 0 saturated carbocycles. The van der Waals surface area contributed by atoms with Crippen LogP contribution in [-0.2, 0) is 4.74 Å². The number of carbonyl (C=O) groups excluding carboxylic acids is 1. The highest BCUT2D eigenvalue weighted by Gasteiger charge is 2.31. The molecule has 2 rings (SSSR count). The summed E-state index contributed by atoms with van der Waals surface area (Å²) in [6, 6.07) is 0.459. The van der Waals surface area contributed by atoms with Gasteiger partial charge in [-0.2, -0.15) is 0 Å². The molecule has 6 heteroatoms. The number of amides is 1. The molecule has 2 heterocycles. The molecule has 0 spiro atoms. The highest BCUT2D eigenvalue weighted by atomic mass is 16.6. The first kappa shape index (κ1) is 17.7. The first-order valence-electron chi connectivity index (χ1n) is 8.23. The van der Waals surface area contributed by atoms with E-state index in [1.54, 1.807) is 18.6 Å². The second-order valence-corrected chi connectivity index (χ2v) is 7.19. The molecule has 0 bridgehead atoms. The minimum absolute atomic E-state index is 0.160. The highest BCUT2D eigenvalue weighted by Crippen LogP contribution is 2.24. The van der Waals surface area contributed by atoms with Crippen molar-refractivity contribution < 1.29 is 9.53 Å². The SMILES string of the molecule is C[C@@H](c1cnccn1)N(C)[C@@H]1CCCN(C(=O)OC(C)(C)C)C1. The topological polar surface area (TPSA) is 58.6 Å². The fourth-order valence-electron chi connectivity index (χ4n) is 2.83. The first-order chi connectivity index (χ1) is 10.8. The molecule has 0 aromatic carbocycles. The van der Waals surface area contributed by atoms with Crippen molar-refractivity contribution in [2.45, 2.75) is 58.2 Å². The summed E-state index contributed by atoms with van der Waals surface area (Å²) in [7, 11) is 2.09. The van der Waals surface area contributed by atoms with Crippen LogP contribution in [0.4, 0.5) is 4.79 Å². The van der Waals surface area contributed by atoms with Crippen LogP contribution in [0.2, 0.25) is 0 Å². The molecule has 128 valence electrons. The Bertz CT molecular complexity index is 515. The molecular formula is C17H28N4O2. The lowest BCUT2D eigenvalue weighted by Gasteiger charge is -2.40. The van der Waals surface area contributed by atoms with Gasteiger partial charge in [0.25, 0.3) is 0 Å². The fraction of sp³-hybridized carbons (Fsp3) is 0.706. The largest absolute Gasteiger partial charge is 0.444 e. The second kappa shape index (κ2) is 7.25. The van der Waals surface area contributed by atoms with E-state index in [0.717, 1.165) is 25.1 Å². The van der Waals surface area contributed by atoms with Crippen molar-refractivity contribution in [3.8, 4) is 0 Å². The van der Waals surface area contributed by atoms with Crippen molar-refractivity contribution in [3.63, 3.8) is 0 Å². The Morgan fingerprint density at radius 2 is 2.17 bits per heavy atom. The fourth-order valence-corrected chi connectivity index (χ4v) is 2.83. The zero-order chi connectivity index (χ0) is 17.0. The van der Waals surface area contributed by atoms with Crippen LogP contribution in [0.1, 0.15) is 52.3 Å². The van der Waals surface area contributed by atoms with Crippen molar-refractivity contribution in [1.29, 1.82) is 0 Å². The van der Waals surface area contributed by atoms with Gasteiger partial charge in [-0.05, 0) is 47.6 Å². The number of ether oxygens (including phenoxy) is 1. The van der Waals surface area contributed by atoms with Gasteiger partial charge in [0.15, 0.2) is 0 Å². The van der Waals surface area contributed by atoms with Gasteiger partial charge in [-0.3, -0.25) is 14.9 Å². The summed E-state index contributed by atoms with van der Waals surface area (Å²) < 4.78 is 5.50. The number of piperidine rings is 1. The monoisotopic (exact) mass is 320 g/mol. The van der Waals surface area contributed by atoms with Gasteiger partial charge in [0, 0.05) is 37.7 Å². The Labute approximate surface area is 138 Å². The summed E-state index contributed by atoms with van der Waals surface area (Å²) in [5.41, 5.74) is 0.493. The Morgan fingerprint density at radius 1 is 1.43 bits per heavy atom. The van der Waals surface area contributed by atoms with Crippen LogP contribution < -0.4 is 0 Å². The smallest absolute Gasteiger partial charge is 0.410 e. The van der Waals surface area contributed by atoms with Crippen LogP contribution >= 0.6 is 0 Å². The minimum Gasteiger partial charge on any atom is -0.444 e. The van der Waals surface area contributed by atoms with Crippen LogP contribution in [-0.4, -0.2) is 57.6 Å². The molecule has 6 nitrogen and oxygen atoms in total. The summed E-state index contributed by atoms with van der Waals surface area (Å²) in [6.07, 6.45) is 7.04. The molecule has 1 aromatic rings. The second-order valence-electron chi connectivity index (χ2n) is 7.19. The maximum absolute atomic E-state index is 12.3. The molecule has 1 fully saturated rings. The maximum atomic E-state index is 12.3. The third-order valence-corrected chi connectivity index (χ3v) is 4.25. The molecule has 0 radical (unpaired) electrons. The summed E-state index contributed by atoms with van der Waals surface area (Å²) in [4.78, 5) is 24.9. The Kier molecular flexibility index (Phi) is 5.57. The summed E-state index contributed by atoms with van der Waals surface area (Å²) in [5, 5.41) is 0. The zero-order valence-electron chi connectivity index (χ0n) is 14.8. The van der Waals surface area contributed by atoms with Gasteiger partial charge in [0.1, 0.15) is 5.60 Å². The molecule has 0 aliphatic carbocycles. The Morgan fingerprint density at radius 3 is 2.78 bits per heavy atom. The molecule has 0 N–H and O–H groups in total. The van der Waals surface area contributed by atoms with E-state index in [0.29, 0.717) is 12.6 Å². The van der Waals surface area contributed by atoms with Crippen LogP contribution in [0.5, 0.6) is 0 Å². The number of hydrogen-bond donors (Lipinski definition) is 0. The number of likely N-dealkylation sites (N-methyl/N-ethyl adjacent to an activating group) is 1. The molecule has 2 atom stereocenters. The molecule has 23 heavy (non-hydrogen) atoms. The van der Waals surface area contributed by atoms with E-state index in [2.05, 4.69) is 28.8 Å². The third-order valence-electron chi connectivity index (χ3n) is 4.25.